The third-order valence-corrected chi connectivity index (χ3v) is 10.3. The van der Waals surface area contributed by atoms with Crippen molar-refractivity contribution in [3.63, 3.8) is 0 Å². The van der Waals surface area contributed by atoms with Crippen LogP contribution < -0.4 is 0 Å². The quantitative estimate of drug-likeness (QED) is 0.245. The molecule has 0 amide bonds. The maximum absolute atomic E-state index is 3.34. The van der Waals surface area contributed by atoms with Crippen LogP contribution in [0.2, 0.25) is 0 Å². The molecule has 2 aromatic rings. The van der Waals surface area contributed by atoms with Crippen LogP contribution in [0, 0.1) is 54.1 Å². The molecule has 5 atom stereocenters. The van der Waals surface area contributed by atoms with Crippen LogP contribution in [0.25, 0.3) is 0 Å². The second kappa shape index (κ2) is 16.6. The van der Waals surface area contributed by atoms with Crippen LogP contribution in [0.4, 0.5) is 0 Å². The van der Waals surface area contributed by atoms with E-state index < -0.39 is 0 Å². The van der Waals surface area contributed by atoms with Gasteiger partial charge in [0.15, 0.2) is 0 Å². The van der Waals surface area contributed by atoms with E-state index in [0.717, 1.165) is 36.0 Å². The van der Waals surface area contributed by atoms with E-state index >= 15 is 0 Å². The third kappa shape index (κ3) is 7.88. The van der Waals surface area contributed by atoms with Crippen LogP contribution in [-0.2, 0) is 30.7 Å². The van der Waals surface area contributed by atoms with E-state index in [2.05, 4.69) is 87.4 Å². The van der Waals surface area contributed by atoms with E-state index in [1.54, 1.807) is 17.0 Å². The van der Waals surface area contributed by atoms with Crippen molar-refractivity contribution in [2.45, 2.75) is 85.5 Å². The van der Waals surface area contributed by atoms with Gasteiger partial charge < -0.3 is 0 Å². The third-order valence-electron chi connectivity index (χ3n) is 10.3. The molecule has 0 saturated heterocycles. The number of halogens is 2. The van der Waals surface area contributed by atoms with Crippen molar-refractivity contribution in [1.82, 2.24) is 0 Å². The maximum atomic E-state index is 3.34. The zero-order valence-corrected chi connectivity index (χ0v) is 29.8. The number of allylic oxidation sites excluding steroid dienone is 6. The molecule has 2 aromatic carbocycles. The van der Waals surface area contributed by atoms with E-state index in [4.69, 9.17) is 0 Å². The number of hydrogen-bond donors (Lipinski definition) is 0. The fourth-order valence-corrected chi connectivity index (χ4v) is 7.83. The summed E-state index contributed by atoms with van der Waals surface area (Å²) >= 11 is 1.30. The van der Waals surface area contributed by atoms with E-state index in [1.165, 1.54) is 68.3 Å². The summed E-state index contributed by atoms with van der Waals surface area (Å²) in [6, 6.07) is 20.2. The van der Waals surface area contributed by atoms with Gasteiger partial charge >= 0.3 is 28.4 Å². The molecule has 5 aliphatic carbocycles. The molecule has 7 rings (SSSR count). The number of aryl methyl sites for hydroxylation is 1. The first-order valence-corrected chi connectivity index (χ1v) is 16.8. The molecule has 41 heavy (non-hydrogen) atoms. The normalized spacial score (nSPS) is 27.3. The first kappa shape index (κ1) is 36.1. The van der Waals surface area contributed by atoms with E-state index in [1.807, 2.05) is 41.5 Å². The Labute approximate surface area is 278 Å². The van der Waals surface area contributed by atoms with Gasteiger partial charge in [0, 0.05) is 0 Å². The van der Waals surface area contributed by atoms with Crippen molar-refractivity contribution in [3.8, 4) is 0 Å². The van der Waals surface area contributed by atoms with Crippen LogP contribution >= 0.6 is 24.8 Å². The summed E-state index contributed by atoms with van der Waals surface area (Å²) in [5.74, 6) is 6.00. The monoisotopic (exact) mass is 665 g/mol. The minimum atomic E-state index is 0. The average molecular weight is 668 g/mol. The van der Waals surface area contributed by atoms with Gasteiger partial charge in [-0.15, -0.1) is 38.2 Å². The predicted octanol–water partition coefficient (Wildman–Crippen LogP) is 10.6. The Balaban J connectivity index is 0.000000306. The molecule has 0 nitrogen and oxygen atoms in total. The Kier molecular flexibility index (Phi) is 14.6. The molecule has 222 valence electrons. The molecule has 0 aromatic heterocycles. The molecular formula is C38H49Cl2Zr-3. The van der Waals surface area contributed by atoms with Gasteiger partial charge in [0.2, 0.25) is 0 Å². The second-order valence-electron chi connectivity index (χ2n) is 12.6. The van der Waals surface area contributed by atoms with Gasteiger partial charge in [-0.05, 0) is 30.6 Å². The summed E-state index contributed by atoms with van der Waals surface area (Å²) in [4.78, 5) is 0. The molecule has 5 unspecified atom stereocenters. The van der Waals surface area contributed by atoms with Crippen molar-refractivity contribution in [2.24, 2.45) is 29.1 Å². The molecular weight excluding hydrogens is 619 g/mol. The van der Waals surface area contributed by atoms with Crippen LogP contribution in [0.5, 0.6) is 0 Å². The summed E-state index contributed by atoms with van der Waals surface area (Å²) in [6.45, 7) is 12.0. The fraction of sp³-hybridized carbons (Fsp3) is 0.474. The zero-order valence-electron chi connectivity index (χ0n) is 25.7. The topological polar surface area (TPSA) is 0 Å². The molecule has 0 bridgehead atoms. The molecule has 5 aliphatic rings. The second-order valence-corrected chi connectivity index (χ2v) is 12.6. The van der Waals surface area contributed by atoms with Gasteiger partial charge in [-0.1, -0.05) is 106 Å². The summed E-state index contributed by atoms with van der Waals surface area (Å²) in [5.41, 5.74) is 8.62. The summed E-state index contributed by atoms with van der Waals surface area (Å²) in [6.07, 6.45) is 18.5. The van der Waals surface area contributed by atoms with Crippen molar-refractivity contribution in [3.05, 3.63) is 113 Å². The van der Waals surface area contributed by atoms with E-state index in [-0.39, 0.29) is 24.8 Å². The molecule has 0 heterocycles. The van der Waals surface area contributed by atoms with Crippen LogP contribution in [0.3, 0.4) is 0 Å². The minimum absolute atomic E-state index is 0. The van der Waals surface area contributed by atoms with Crippen LogP contribution in [0.1, 0.15) is 88.8 Å². The molecule has 0 radical (unpaired) electrons. The average Bonchev–Trinajstić information content (AvgIpc) is 3.66. The molecule has 3 heteroatoms. The van der Waals surface area contributed by atoms with E-state index in [0.29, 0.717) is 5.41 Å². The molecule has 2 saturated carbocycles. The standard InChI is InChI=1S/C25H33.C7H7.C5H5.CH2.2ClH.Zr/c1-15-13-21-19-11-7-8-12-20(19)24-18-10-6-5-9-17(18)14-22(24)23(21)16(2)25(15,3)4;1-7-5-3-2-4-6-7;1-2-4-5-3-1;;;;/h5-6,9-10,15,19-21,24H,7-8,11-14H2,1-4H3;2-3,5-6H,1H3;1-3H,4H2;1H2;2*1H;/q3*-1;;;;. The van der Waals surface area contributed by atoms with Crippen LogP contribution in [0.15, 0.2) is 77.9 Å². The van der Waals surface area contributed by atoms with Crippen molar-refractivity contribution in [2.75, 3.05) is 0 Å². The van der Waals surface area contributed by atoms with Gasteiger partial charge in [-0.25, -0.2) is 29.2 Å². The zero-order chi connectivity index (χ0) is 28.0. The fourth-order valence-electron chi connectivity index (χ4n) is 7.83. The Bertz CT molecular complexity index is 1170. The Morgan fingerprint density at radius 1 is 1.00 bits per heavy atom. The van der Waals surface area contributed by atoms with Gasteiger partial charge in [0.25, 0.3) is 0 Å². The molecule has 2 fully saturated rings. The van der Waals surface area contributed by atoms with Crippen molar-refractivity contribution >= 4 is 29.0 Å². The summed E-state index contributed by atoms with van der Waals surface area (Å²) in [7, 11) is 0. The summed E-state index contributed by atoms with van der Waals surface area (Å²) in [5, 5.41) is 0. The first-order valence-electron chi connectivity index (χ1n) is 15.0. The SMILES string of the molecule is C[C-]1C2=C3Cc4ccccc4C3C3CCCCC3C2CC(C)C1(C)C.Cc1c[c-]ccc1.Cl.Cl.[C-]1=CC=CC1.[CH2]=[Zr]. The predicted molar refractivity (Wildman–Crippen MR) is 179 cm³/mol. The molecule has 0 aliphatic heterocycles. The molecule has 0 spiro atoms. The number of fused-ring (bicyclic) bond motifs is 7. The summed E-state index contributed by atoms with van der Waals surface area (Å²) < 4.78 is 3.34. The van der Waals surface area contributed by atoms with E-state index in [9.17, 15) is 0 Å². The van der Waals surface area contributed by atoms with Gasteiger partial charge in [-0.2, -0.15) is 42.0 Å². The number of benzene rings is 2. The van der Waals surface area contributed by atoms with Crippen molar-refractivity contribution < 1.29 is 24.2 Å². The molecule has 0 N–H and O–H groups in total. The number of hydrogen-bond acceptors (Lipinski definition) is 0. The van der Waals surface area contributed by atoms with Gasteiger partial charge in [0.1, 0.15) is 0 Å². The number of rotatable bonds is 0. The Morgan fingerprint density at radius 2 is 1.71 bits per heavy atom. The van der Waals surface area contributed by atoms with Gasteiger partial charge in [0.05, 0.1) is 0 Å². The Morgan fingerprint density at radius 3 is 2.27 bits per heavy atom. The first-order chi connectivity index (χ1) is 18.9. The van der Waals surface area contributed by atoms with Crippen molar-refractivity contribution in [1.29, 1.82) is 0 Å². The van der Waals surface area contributed by atoms with Gasteiger partial charge in [-0.3, -0.25) is 6.08 Å². The Hall–Kier alpha value is -1.14. The van der Waals surface area contributed by atoms with Crippen LogP contribution in [-0.4, -0.2) is 4.21 Å².